The lowest BCUT2D eigenvalue weighted by atomic mass is 10.1. The van der Waals surface area contributed by atoms with Crippen LogP contribution in [-0.2, 0) is 9.59 Å². The fraction of sp³-hybridized carbons (Fsp3) is 0.556. The summed E-state index contributed by atoms with van der Waals surface area (Å²) in [7, 11) is 3.13. The number of benzene rings is 1. The molecule has 1 heterocycles. The summed E-state index contributed by atoms with van der Waals surface area (Å²) in [5, 5.41) is 2.99. The van der Waals surface area contributed by atoms with Crippen molar-refractivity contribution in [2.45, 2.75) is 39.2 Å². The second-order valence-corrected chi connectivity index (χ2v) is 6.14. The van der Waals surface area contributed by atoms with E-state index < -0.39 is 0 Å². The first-order valence-electron chi connectivity index (χ1n) is 8.32. The Kier molecular flexibility index (Phi) is 6.06. The van der Waals surface area contributed by atoms with E-state index in [0.29, 0.717) is 23.7 Å². The van der Waals surface area contributed by atoms with E-state index in [1.165, 1.54) is 0 Å². The van der Waals surface area contributed by atoms with Gasteiger partial charge in [0.05, 0.1) is 25.8 Å². The highest BCUT2D eigenvalue weighted by Crippen LogP contribution is 2.35. The van der Waals surface area contributed by atoms with E-state index in [4.69, 9.17) is 9.47 Å². The number of anilines is 1. The van der Waals surface area contributed by atoms with E-state index in [1.54, 1.807) is 37.3 Å². The highest BCUT2D eigenvalue weighted by molar-refractivity contribution is 6.01. The molecule has 24 heavy (non-hydrogen) atoms. The Morgan fingerprint density at radius 2 is 2.12 bits per heavy atom. The molecule has 1 fully saturated rings. The number of carbonyl (C=O) groups excluding carboxylic acids is 2. The molecule has 1 aliphatic heterocycles. The van der Waals surface area contributed by atoms with Crippen molar-refractivity contribution in [2.24, 2.45) is 5.92 Å². The molecule has 0 aromatic heterocycles. The van der Waals surface area contributed by atoms with Crippen LogP contribution in [-0.4, -0.2) is 38.6 Å². The lowest BCUT2D eigenvalue weighted by Gasteiger charge is -2.20. The van der Waals surface area contributed by atoms with Crippen molar-refractivity contribution in [1.82, 2.24) is 5.32 Å². The van der Waals surface area contributed by atoms with Gasteiger partial charge >= 0.3 is 0 Å². The van der Waals surface area contributed by atoms with Crippen LogP contribution in [0.1, 0.15) is 33.1 Å². The van der Waals surface area contributed by atoms with Crippen molar-refractivity contribution in [3.05, 3.63) is 18.2 Å². The molecule has 0 bridgehead atoms. The van der Waals surface area contributed by atoms with Crippen LogP contribution in [0.15, 0.2) is 18.2 Å². The van der Waals surface area contributed by atoms with Crippen molar-refractivity contribution in [2.75, 3.05) is 25.7 Å². The largest absolute Gasteiger partial charge is 0.497 e. The number of ether oxygens (including phenoxy) is 2. The number of hydrogen-bond acceptors (Lipinski definition) is 4. The average molecular weight is 334 g/mol. The summed E-state index contributed by atoms with van der Waals surface area (Å²) in [6, 6.07) is 5.43. The number of nitrogens with zero attached hydrogens (tertiary/aromatic N) is 1. The Bertz CT molecular complexity index is 603. The van der Waals surface area contributed by atoms with Gasteiger partial charge in [-0.15, -0.1) is 0 Å². The van der Waals surface area contributed by atoms with Crippen LogP contribution in [0.2, 0.25) is 0 Å². The molecule has 0 spiro atoms. The first-order chi connectivity index (χ1) is 11.5. The molecule has 1 aromatic carbocycles. The summed E-state index contributed by atoms with van der Waals surface area (Å²) in [5.74, 6) is 0.762. The zero-order valence-corrected chi connectivity index (χ0v) is 14.8. The summed E-state index contributed by atoms with van der Waals surface area (Å²) >= 11 is 0. The predicted octanol–water partition coefficient (Wildman–Crippen LogP) is 2.36. The molecule has 6 nitrogen and oxygen atoms in total. The smallest absolute Gasteiger partial charge is 0.227 e. The van der Waals surface area contributed by atoms with E-state index in [1.807, 2.05) is 6.92 Å². The Hall–Kier alpha value is -2.24. The lowest BCUT2D eigenvalue weighted by molar-refractivity contribution is -0.126. The molecule has 0 radical (unpaired) electrons. The topological polar surface area (TPSA) is 67.9 Å². The normalized spacial score (nSPS) is 18.4. The Morgan fingerprint density at radius 1 is 1.38 bits per heavy atom. The molecule has 2 amide bonds. The van der Waals surface area contributed by atoms with Gasteiger partial charge in [0.1, 0.15) is 11.5 Å². The van der Waals surface area contributed by atoms with E-state index in [-0.39, 0.29) is 30.2 Å². The van der Waals surface area contributed by atoms with Crippen LogP contribution < -0.4 is 19.7 Å². The van der Waals surface area contributed by atoms with Gasteiger partial charge in [-0.2, -0.15) is 0 Å². The second kappa shape index (κ2) is 8.04. The Labute approximate surface area is 143 Å². The highest BCUT2D eigenvalue weighted by atomic mass is 16.5. The van der Waals surface area contributed by atoms with Crippen LogP contribution in [0.25, 0.3) is 0 Å². The quantitative estimate of drug-likeness (QED) is 0.831. The molecule has 0 saturated carbocycles. The lowest BCUT2D eigenvalue weighted by Crippen LogP contribution is -2.38. The van der Waals surface area contributed by atoms with Gasteiger partial charge in [-0.05, 0) is 25.5 Å². The van der Waals surface area contributed by atoms with Gasteiger partial charge in [-0.1, -0.05) is 13.3 Å². The molecular formula is C18H26N2O4. The van der Waals surface area contributed by atoms with Crippen LogP contribution in [0.3, 0.4) is 0 Å². The number of methoxy groups -OCH3 is 2. The molecule has 1 N–H and O–H groups in total. The number of rotatable bonds is 7. The number of amides is 2. The van der Waals surface area contributed by atoms with E-state index >= 15 is 0 Å². The summed E-state index contributed by atoms with van der Waals surface area (Å²) in [4.78, 5) is 26.4. The van der Waals surface area contributed by atoms with E-state index in [2.05, 4.69) is 12.2 Å². The second-order valence-electron chi connectivity index (χ2n) is 6.14. The van der Waals surface area contributed by atoms with Crippen LogP contribution in [0, 0.1) is 5.92 Å². The highest BCUT2D eigenvalue weighted by Gasteiger charge is 2.36. The van der Waals surface area contributed by atoms with Gasteiger partial charge in [-0.25, -0.2) is 0 Å². The summed E-state index contributed by atoms with van der Waals surface area (Å²) in [6.07, 6.45) is 2.17. The Morgan fingerprint density at radius 3 is 2.75 bits per heavy atom. The fourth-order valence-electron chi connectivity index (χ4n) is 2.99. The Balaban J connectivity index is 2.11. The van der Waals surface area contributed by atoms with Gasteiger partial charge in [-0.3, -0.25) is 9.59 Å². The molecule has 1 aromatic rings. The number of carbonyl (C=O) groups is 2. The molecular weight excluding hydrogens is 308 g/mol. The van der Waals surface area contributed by atoms with Crippen molar-refractivity contribution in [1.29, 1.82) is 0 Å². The fourth-order valence-corrected chi connectivity index (χ4v) is 2.99. The van der Waals surface area contributed by atoms with Gasteiger partial charge in [0.25, 0.3) is 0 Å². The van der Waals surface area contributed by atoms with E-state index in [0.717, 1.165) is 12.8 Å². The third-order valence-corrected chi connectivity index (χ3v) is 4.28. The number of nitrogens with one attached hydrogen (secondary N) is 1. The van der Waals surface area contributed by atoms with Gasteiger partial charge < -0.3 is 19.7 Å². The summed E-state index contributed by atoms with van der Waals surface area (Å²) in [6.45, 7) is 4.44. The van der Waals surface area contributed by atoms with Crippen molar-refractivity contribution in [3.8, 4) is 11.5 Å². The van der Waals surface area contributed by atoms with Crippen LogP contribution >= 0.6 is 0 Å². The molecule has 0 unspecified atom stereocenters. The van der Waals surface area contributed by atoms with Gasteiger partial charge in [0.15, 0.2) is 0 Å². The van der Waals surface area contributed by atoms with Gasteiger partial charge in [0, 0.05) is 25.1 Å². The minimum atomic E-state index is -0.330. The molecule has 132 valence electrons. The van der Waals surface area contributed by atoms with E-state index in [9.17, 15) is 9.59 Å². The van der Waals surface area contributed by atoms with Crippen molar-refractivity contribution >= 4 is 17.5 Å². The first-order valence-corrected chi connectivity index (χ1v) is 8.32. The monoisotopic (exact) mass is 334 g/mol. The maximum Gasteiger partial charge on any atom is 0.227 e. The SMILES string of the molecule is CCC[C@@H](C)NC(=O)[C@@H]1CC(=O)N(c2ccc(OC)cc2OC)C1. The van der Waals surface area contributed by atoms with Crippen molar-refractivity contribution < 1.29 is 19.1 Å². The standard InChI is InChI=1S/C18H26N2O4/c1-5-6-12(2)19-18(22)13-9-17(21)20(11-13)15-8-7-14(23-3)10-16(15)24-4/h7-8,10,12-13H,5-6,9,11H2,1-4H3,(H,19,22)/t12-,13-/m1/s1. The zero-order valence-electron chi connectivity index (χ0n) is 14.8. The number of hydrogen-bond donors (Lipinski definition) is 1. The maximum absolute atomic E-state index is 12.4. The molecule has 2 atom stereocenters. The average Bonchev–Trinajstić information content (AvgIpc) is 2.96. The molecule has 6 heteroatoms. The molecule has 2 rings (SSSR count). The first kappa shape index (κ1) is 18.1. The predicted molar refractivity (Wildman–Crippen MR) is 92.5 cm³/mol. The third-order valence-electron chi connectivity index (χ3n) is 4.28. The molecule has 1 saturated heterocycles. The minimum Gasteiger partial charge on any atom is -0.497 e. The molecule has 0 aliphatic carbocycles. The molecule has 1 aliphatic rings. The maximum atomic E-state index is 12.4. The third kappa shape index (κ3) is 3.99. The minimum absolute atomic E-state index is 0.0562. The summed E-state index contributed by atoms with van der Waals surface area (Å²) in [5.41, 5.74) is 0.667. The van der Waals surface area contributed by atoms with Crippen molar-refractivity contribution in [3.63, 3.8) is 0 Å². The van der Waals surface area contributed by atoms with Crippen LogP contribution in [0.5, 0.6) is 11.5 Å². The zero-order chi connectivity index (χ0) is 17.7. The summed E-state index contributed by atoms with van der Waals surface area (Å²) < 4.78 is 10.5. The van der Waals surface area contributed by atoms with Gasteiger partial charge in [0.2, 0.25) is 11.8 Å². The van der Waals surface area contributed by atoms with Crippen LogP contribution in [0.4, 0.5) is 5.69 Å².